The molecule has 3 heteroatoms. The van der Waals surface area contributed by atoms with E-state index in [2.05, 4.69) is 0 Å². The van der Waals surface area contributed by atoms with Gasteiger partial charge >= 0.3 is 5.97 Å². The molecule has 1 rings (SSSR count). The van der Waals surface area contributed by atoms with Gasteiger partial charge < -0.3 is 5.11 Å². The van der Waals surface area contributed by atoms with Crippen LogP contribution >= 0.6 is 17.0 Å². The number of hydrogen-bond donors (Lipinski definition) is 1. The highest BCUT2D eigenvalue weighted by Gasteiger charge is 2.06. The van der Waals surface area contributed by atoms with E-state index in [1.807, 2.05) is 19.1 Å². The number of benzene rings is 1. The fourth-order valence-corrected chi connectivity index (χ4v) is 1.22. The molecule has 72 valence electrons. The lowest BCUT2D eigenvalue weighted by Crippen LogP contribution is -2.01. The summed E-state index contributed by atoms with van der Waals surface area (Å²) in [6.07, 6.45) is 1.81. The van der Waals surface area contributed by atoms with Crippen molar-refractivity contribution in [1.82, 2.24) is 0 Å². The summed E-state index contributed by atoms with van der Waals surface area (Å²) >= 11 is 0. The Balaban J connectivity index is 0.00000144. The maximum absolute atomic E-state index is 10.7. The van der Waals surface area contributed by atoms with Crippen LogP contribution in [0.15, 0.2) is 24.3 Å². The van der Waals surface area contributed by atoms with E-state index in [1.54, 1.807) is 12.1 Å². The van der Waals surface area contributed by atoms with Crippen molar-refractivity contribution in [3.63, 3.8) is 0 Å². The van der Waals surface area contributed by atoms with E-state index in [1.165, 1.54) is 0 Å². The summed E-state index contributed by atoms with van der Waals surface area (Å²) in [4.78, 5) is 10.7. The van der Waals surface area contributed by atoms with Gasteiger partial charge in [-0.05, 0) is 18.1 Å². The molecule has 0 heterocycles. The van der Waals surface area contributed by atoms with Crippen molar-refractivity contribution >= 4 is 23.0 Å². The lowest BCUT2D eigenvalue weighted by Gasteiger charge is -2.02. The summed E-state index contributed by atoms with van der Waals surface area (Å²) in [6.45, 7) is 2.04. The predicted octanol–water partition coefficient (Wildman–Crippen LogP) is 2.92. The number of hydrogen-bond acceptors (Lipinski definition) is 1. The van der Waals surface area contributed by atoms with E-state index >= 15 is 0 Å². The molecule has 0 saturated carbocycles. The minimum Gasteiger partial charge on any atom is -0.478 e. The standard InChI is InChI=1S/C10H12O2.BrH/c1-2-5-8-6-3-4-7-9(8)10(11)12;/h3-4,6-7H,2,5H2,1H3,(H,11,12);1H. The zero-order valence-electron chi connectivity index (χ0n) is 7.49. The van der Waals surface area contributed by atoms with Crippen LogP contribution in [0, 0.1) is 0 Å². The van der Waals surface area contributed by atoms with Crippen molar-refractivity contribution in [2.45, 2.75) is 19.8 Å². The van der Waals surface area contributed by atoms with Crippen LogP contribution in [0.5, 0.6) is 0 Å². The van der Waals surface area contributed by atoms with Gasteiger partial charge in [0.25, 0.3) is 0 Å². The van der Waals surface area contributed by atoms with Crippen molar-refractivity contribution in [2.24, 2.45) is 0 Å². The van der Waals surface area contributed by atoms with Gasteiger partial charge in [0.15, 0.2) is 0 Å². The van der Waals surface area contributed by atoms with Crippen molar-refractivity contribution < 1.29 is 9.90 Å². The van der Waals surface area contributed by atoms with Crippen LogP contribution in [0.2, 0.25) is 0 Å². The summed E-state index contributed by atoms with van der Waals surface area (Å²) in [7, 11) is 0. The molecule has 0 aliphatic carbocycles. The Hall–Kier alpha value is -0.830. The number of carboxylic acids is 1. The molecule has 0 bridgehead atoms. The number of aromatic carboxylic acids is 1. The minimum atomic E-state index is -0.834. The fraction of sp³-hybridized carbons (Fsp3) is 0.300. The number of halogens is 1. The van der Waals surface area contributed by atoms with Gasteiger partial charge in [0, 0.05) is 0 Å². The quantitative estimate of drug-likeness (QED) is 0.888. The van der Waals surface area contributed by atoms with E-state index in [-0.39, 0.29) is 17.0 Å². The first kappa shape index (κ1) is 12.2. The highest BCUT2D eigenvalue weighted by Crippen LogP contribution is 2.10. The molecule has 1 aromatic rings. The number of rotatable bonds is 3. The molecule has 0 aliphatic heterocycles. The number of carbonyl (C=O) groups is 1. The van der Waals surface area contributed by atoms with Crippen LogP contribution in [0.25, 0.3) is 0 Å². The lowest BCUT2D eigenvalue weighted by atomic mass is 10.0. The summed E-state index contributed by atoms with van der Waals surface area (Å²) in [6, 6.07) is 7.14. The number of carboxylic acid groups (broad SMARTS) is 1. The van der Waals surface area contributed by atoms with Crippen molar-refractivity contribution in [1.29, 1.82) is 0 Å². The van der Waals surface area contributed by atoms with E-state index in [9.17, 15) is 4.79 Å². The minimum absolute atomic E-state index is 0. The second-order valence-electron chi connectivity index (χ2n) is 2.71. The Morgan fingerprint density at radius 1 is 1.38 bits per heavy atom. The molecule has 13 heavy (non-hydrogen) atoms. The van der Waals surface area contributed by atoms with Gasteiger partial charge in [-0.2, -0.15) is 0 Å². The summed E-state index contributed by atoms with van der Waals surface area (Å²) in [5.41, 5.74) is 1.35. The molecule has 0 aliphatic rings. The van der Waals surface area contributed by atoms with Gasteiger partial charge in [0.05, 0.1) is 5.56 Å². The van der Waals surface area contributed by atoms with Gasteiger partial charge in [0.2, 0.25) is 0 Å². The van der Waals surface area contributed by atoms with Crippen LogP contribution in [0.3, 0.4) is 0 Å². The van der Waals surface area contributed by atoms with Crippen molar-refractivity contribution in [2.75, 3.05) is 0 Å². The average Bonchev–Trinajstić information content (AvgIpc) is 2.05. The SMILES string of the molecule is Br.CCCc1ccccc1C(=O)O. The van der Waals surface area contributed by atoms with Crippen LogP contribution in [0.4, 0.5) is 0 Å². The average molecular weight is 245 g/mol. The lowest BCUT2D eigenvalue weighted by molar-refractivity contribution is 0.0695. The molecule has 0 aromatic heterocycles. The third-order valence-electron chi connectivity index (χ3n) is 1.77. The molecule has 2 nitrogen and oxygen atoms in total. The second kappa shape index (κ2) is 5.75. The topological polar surface area (TPSA) is 37.3 Å². The first-order chi connectivity index (χ1) is 5.75. The Labute approximate surface area is 88.4 Å². The molecule has 0 atom stereocenters. The Bertz CT molecular complexity index is 284. The van der Waals surface area contributed by atoms with E-state index < -0.39 is 5.97 Å². The Morgan fingerprint density at radius 3 is 2.54 bits per heavy atom. The molecular formula is C10H13BrO2. The van der Waals surface area contributed by atoms with Crippen molar-refractivity contribution in [3.05, 3.63) is 35.4 Å². The van der Waals surface area contributed by atoms with E-state index in [0.717, 1.165) is 18.4 Å². The van der Waals surface area contributed by atoms with Gasteiger partial charge in [-0.25, -0.2) is 4.79 Å². The summed E-state index contributed by atoms with van der Waals surface area (Å²) < 4.78 is 0. The normalized spacial score (nSPS) is 9.00. The van der Waals surface area contributed by atoms with Gasteiger partial charge in [0.1, 0.15) is 0 Å². The van der Waals surface area contributed by atoms with Gasteiger partial charge in [-0.1, -0.05) is 31.5 Å². The first-order valence-corrected chi connectivity index (χ1v) is 4.07. The monoisotopic (exact) mass is 244 g/mol. The molecule has 1 N–H and O–H groups in total. The zero-order valence-corrected chi connectivity index (χ0v) is 9.20. The van der Waals surface area contributed by atoms with Gasteiger partial charge in [-0.3, -0.25) is 0 Å². The Kier molecular flexibility index (Phi) is 5.39. The van der Waals surface area contributed by atoms with Crippen molar-refractivity contribution in [3.8, 4) is 0 Å². The highest BCUT2D eigenvalue weighted by molar-refractivity contribution is 8.93. The predicted molar refractivity (Wildman–Crippen MR) is 57.7 cm³/mol. The van der Waals surface area contributed by atoms with Crippen LogP contribution in [-0.4, -0.2) is 11.1 Å². The van der Waals surface area contributed by atoms with E-state index in [0.29, 0.717) is 5.56 Å². The molecule has 0 amide bonds. The fourth-order valence-electron chi connectivity index (χ4n) is 1.22. The van der Waals surface area contributed by atoms with Crippen LogP contribution in [0.1, 0.15) is 29.3 Å². The summed E-state index contributed by atoms with van der Waals surface area (Å²) in [5.74, 6) is -0.834. The van der Waals surface area contributed by atoms with Crippen LogP contribution < -0.4 is 0 Å². The molecule has 0 spiro atoms. The third kappa shape index (κ3) is 3.19. The highest BCUT2D eigenvalue weighted by atomic mass is 79.9. The molecule has 1 aromatic carbocycles. The molecule has 0 saturated heterocycles. The molecule has 0 unspecified atom stereocenters. The number of aryl methyl sites for hydroxylation is 1. The maximum Gasteiger partial charge on any atom is 0.335 e. The zero-order chi connectivity index (χ0) is 8.97. The third-order valence-corrected chi connectivity index (χ3v) is 1.77. The Morgan fingerprint density at radius 2 is 2.00 bits per heavy atom. The first-order valence-electron chi connectivity index (χ1n) is 4.07. The van der Waals surface area contributed by atoms with Crippen LogP contribution in [-0.2, 0) is 6.42 Å². The molecule has 0 radical (unpaired) electrons. The maximum atomic E-state index is 10.7. The second-order valence-corrected chi connectivity index (χ2v) is 2.71. The van der Waals surface area contributed by atoms with Gasteiger partial charge in [-0.15, -0.1) is 17.0 Å². The molecular weight excluding hydrogens is 232 g/mol. The summed E-state index contributed by atoms with van der Waals surface area (Å²) in [5, 5.41) is 8.79. The van der Waals surface area contributed by atoms with E-state index in [4.69, 9.17) is 5.11 Å². The largest absolute Gasteiger partial charge is 0.478 e. The molecule has 0 fully saturated rings. The smallest absolute Gasteiger partial charge is 0.335 e.